The van der Waals surface area contributed by atoms with Crippen LogP contribution >= 0.6 is 0 Å². The van der Waals surface area contributed by atoms with Gasteiger partial charge in [-0.25, -0.2) is 0 Å². The molecule has 0 unspecified atom stereocenters. The maximum atomic E-state index is 12.5. The molecule has 0 fully saturated rings. The van der Waals surface area contributed by atoms with Crippen molar-refractivity contribution in [3.8, 4) is 17.2 Å². The Labute approximate surface area is 151 Å². The van der Waals surface area contributed by atoms with Gasteiger partial charge in [0.1, 0.15) is 10.7 Å². The summed E-state index contributed by atoms with van der Waals surface area (Å²) in [5.41, 5.74) is 0.0188. The molecular weight excluding hydrogens is 336 g/mol. The van der Waals surface area contributed by atoms with E-state index in [0.717, 1.165) is 0 Å². The summed E-state index contributed by atoms with van der Waals surface area (Å²) >= 11 is 0. The summed E-state index contributed by atoms with van der Waals surface area (Å²) in [6, 6.07) is 3.42. The number of H-pyrrole nitrogens is 1. The van der Waals surface area contributed by atoms with Crippen molar-refractivity contribution in [3.63, 3.8) is 0 Å². The van der Waals surface area contributed by atoms with Gasteiger partial charge in [0, 0.05) is 7.05 Å². The lowest BCUT2D eigenvalue weighted by molar-refractivity contribution is 0.324. The number of methoxy groups -OCH3 is 3. The molecule has 0 bridgehead atoms. The molecule has 2 rings (SSSR count). The molecule has 0 aliphatic carbocycles. The maximum Gasteiger partial charge on any atom is 0.274 e. The first-order valence-corrected chi connectivity index (χ1v) is 8.15. The Bertz CT molecular complexity index is 1010. The van der Waals surface area contributed by atoms with E-state index < -0.39 is 0 Å². The number of hydrogen-bond acceptors (Lipinski definition) is 5. The predicted octanol–water partition coefficient (Wildman–Crippen LogP) is 0.365. The van der Waals surface area contributed by atoms with E-state index in [-0.39, 0.29) is 27.7 Å². The van der Waals surface area contributed by atoms with Crippen LogP contribution < -0.4 is 36.0 Å². The van der Waals surface area contributed by atoms with E-state index in [9.17, 15) is 9.59 Å². The molecule has 1 aromatic carbocycles. The van der Waals surface area contributed by atoms with E-state index in [2.05, 4.69) is 4.98 Å². The average Bonchev–Trinajstić information content (AvgIpc) is 2.61. The second kappa shape index (κ2) is 7.95. The Hall–Kier alpha value is -2.96. The first kappa shape index (κ1) is 19.4. The third kappa shape index (κ3) is 3.82. The maximum absolute atomic E-state index is 12.5. The van der Waals surface area contributed by atoms with Crippen molar-refractivity contribution in [1.29, 1.82) is 0 Å². The fraction of sp³-hybridized carbons (Fsp3) is 0.368. The minimum Gasteiger partial charge on any atom is -0.493 e. The third-order valence-electron chi connectivity index (χ3n) is 3.87. The van der Waals surface area contributed by atoms with Crippen LogP contribution in [0.2, 0.25) is 0 Å². The largest absolute Gasteiger partial charge is 0.493 e. The highest BCUT2D eigenvalue weighted by molar-refractivity contribution is 5.61. The van der Waals surface area contributed by atoms with Crippen LogP contribution in [0.5, 0.6) is 17.2 Å². The summed E-state index contributed by atoms with van der Waals surface area (Å²) in [5, 5.41) is 0.514. The van der Waals surface area contributed by atoms with Gasteiger partial charge in [-0.15, -0.1) is 0 Å². The Morgan fingerprint density at radius 3 is 2.08 bits per heavy atom. The van der Waals surface area contributed by atoms with Gasteiger partial charge in [-0.3, -0.25) is 9.59 Å². The van der Waals surface area contributed by atoms with Crippen molar-refractivity contribution in [2.24, 2.45) is 13.0 Å². The van der Waals surface area contributed by atoms with E-state index in [1.165, 1.54) is 25.9 Å². The van der Waals surface area contributed by atoms with Crippen LogP contribution in [0.3, 0.4) is 0 Å². The van der Waals surface area contributed by atoms with Crippen molar-refractivity contribution in [2.75, 3.05) is 21.3 Å². The van der Waals surface area contributed by atoms with Gasteiger partial charge in [-0.2, -0.15) is 0 Å². The number of hydrogen-bond donors (Lipinski definition) is 1. The molecular formula is C19H24N2O5. The van der Waals surface area contributed by atoms with E-state index in [0.29, 0.717) is 22.8 Å². The molecule has 0 amide bonds. The zero-order chi connectivity index (χ0) is 19.4. The van der Waals surface area contributed by atoms with Crippen molar-refractivity contribution in [1.82, 2.24) is 9.55 Å². The minimum absolute atomic E-state index is 0.142. The van der Waals surface area contributed by atoms with E-state index in [4.69, 9.17) is 14.2 Å². The molecule has 0 spiro atoms. The normalized spacial score (nSPS) is 12.6. The second-order valence-electron chi connectivity index (χ2n) is 6.13. The quantitative estimate of drug-likeness (QED) is 0.833. The Kier molecular flexibility index (Phi) is 5.92. The smallest absolute Gasteiger partial charge is 0.274 e. The molecule has 0 aliphatic heterocycles. The van der Waals surface area contributed by atoms with Crippen molar-refractivity contribution < 1.29 is 14.2 Å². The highest BCUT2D eigenvalue weighted by Gasteiger charge is 2.12. The van der Waals surface area contributed by atoms with E-state index in [1.807, 2.05) is 13.8 Å². The molecule has 0 radical (unpaired) electrons. The summed E-state index contributed by atoms with van der Waals surface area (Å²) in [7, 11) is 6.11. The van der Waals surface area contributed by atoms with Gasteiger partial charge in [0.2, 0.25) is 5.75 Å². The Balaban J connectivity index is 2.78. The fourth-order valence-corrected chi connectivity index (χ4v) is 2.63. The van der Waals surface area contributed by atoms with Gasteiger partial charge in [0.25, 0.3) is 11.1 Å². The number of aromatic nitrogens is 2. The molecule has 0 saturated carbocycles. The van der Waals surface area contributed by atoms with Crippen LogP contribution in [-0.4, -0.2) is 30.9 Å². The SMILES string of the molecule is COc1cc(C=c2c(=O)[nH]c(=CC(C)C)c(=O)n2C)cc(OC)c1OC. The zero-order valence-corrected chi connectivity index (χ0v) is 15.9. The van der Waals surface area contributed by atoms with E-state index in [1.54, 1.807) is 31.3 Å². The fourth-order valence-electron chi connectivity index (χ4n) is 2.63. The predicted molar refractivity (Wildman–Crippen MR) is 101 cm³/mol. The van der Waals surface area contributed by atoms with Crippen LogP contribution in [-0.2, 0) is 7.05 Å². The molecule has 2 aromatic rings. The standard InChI is InChI=1S/C19H24N2O5/c1-11(2)7-13-19(23)21(3)14(18(22)20-13)8-12-9-15(24-4)17(26-6)16(10-12)25-5/h7-11H,1-6H3,(H,20,22). The second-order valence-corrected chi connectivity index (χ2v) is 6.13. The summed E-state index contributed by atoms with van der Waals surface area (Å²) in [6.45, 7) is 3.88. The zero-order valence-electron chi connectivity index (χ0n) is 15.9. The molecule has 0 atom stereocenters. The molecule has 7 nitrogen and oxygen atoms in total. The Morgan fingerprint density at radius 1 is 1.04 bits per heavy atom. The van der Waals surface area contributed by atoms with Gasteiger partial charge in [0.05, 0.1) is 21.3 Å². The lowest BCUT2D eigenvalue weighted by Gasteiger charge is -2.12. The van der Waals surface area contributed by atoms with Crippen LogP contribution in [0.1, 0.15) is 19.4 Å². The number of rotatable bonds is 5. The number of aromatic amines is 1. The van der Waals surface area contributed by atoms with Crippen LogP contribution in [0.4, 0.5) is 0 Å². The summed E-state index contributed by atoms with van der Waals surface area (Å²) in [6.07, 6.45) is 3.33. The summed E-state index contributed by atoms with van der Waals surface area (Å²) in [5.74, 6) is 1.52. The first-order valence-electron chi connectivity index (χ1n) is 8.15. The third-order valence-corrected chi connectivity index (χ3v) is 3.87. The van der Waals surface area contributed by atoms with Gasteiger partial charge in [-0.1, -0.05) is 19.9 Å². The molecule has 26 heavy (non-hydrogen) atoms. The van der Waals surface area contributed by atoms with Gasteiger partial charge >= 0.3 is 0 Å². The van der Waals surface area contributed by atoms with Crippen LogP contribution in [0, 0.1) is 5.92 Å². The lowest BCUT2D eigenvalue weighted by atomic mass is 10.1. The molecule has 0 saturated heterocycles. The molecule has 1 heterocycles. The van der Waals surface area contributed by atoms with Crippen LogP contribution in [0.15, 0.2) is 21.7 Å². The number of nitrogens with one attached hydrogen (secondary N) is 1. The highest BCUT2D eigenvalue weighted by atomic mass is 16.5. The first-order chi connectivity index (χ1) is 12.3. The molecule has 1 aromatic heterocycles. The van der Waals surface area contributed by atoms with Crippen molar-refractivity contribution in [2.45, 2.75) is 13.8 Å². The van der Waals surface area contributed by atoms with Gasteiger partial charge in [-0.05, 0) is 29.7 Å². The number of ether oxygens (including phenoxy) is 3. The van der Waals surface area contributed by atoms with Crippen molar-refractivity contribution >= 4 is 12.2 Å². The minimum atomic E-state index is -0.354. The van der Waals surface area contributed by atoms with Crippen LogP contribution in [0.25, 0.3) is 12.2 Å². The van der Waals surface area contributed by atoms with Gasteiger partial charge < -0.3 is 23.8 Å². The molecule has 0 aliphatic rings. The van der Waals surface area contributed by atoms with Gasteiger partial charge in [0.15, 0.2) is 11.5 Å². The topological polar surface area (TPSA) is 82.6 Å². The molecule has 7 heteroatoms. The van der Waals surface area contributed by atoms with E-state index >= 15 is 0 Å². The summed E-state index contributed by atoms with van der Waals surface area (Å²) in [4.78, 5) is 27.6. The molecule has 140 valence electrons. The summed E-state index contributed by atoms with van der Waals surface area (Å²) < 4.78 is 17.3. The Morgan fingerprint density at radius 2 is 1.62 bits per heavy atom. The highest BCUT2D eigenvalue weighted by Crippen LogP contribution is 2.38. The number of nitrogens with zero attached hydrogens (tertiary/aromatic N) is 1. The number of benzene rings is 1. The van der Waals surface area contributed by atoms with Crippen molar-refractivity contribution in [3.05, 3.63) is 49.1 Å². The average molecular weight is 360 g/mol. The molecule has 1 N–H and O–H groups in total. The lowest BCUT2D eigenvalue weighted by Crippen LogP contribution is -2.52. The monoisotopic (exact) mass is 360 g/mol.